The molecule has 0 amide bonds. The van der Waals surface area contributed by atoms with Crippen molar-refractivity contribution in [2.75, 3.05) is 21.0 Å². The minimum absolute atomic E-state index is 0.466. The van der Waals surface area contributed by atoms with Crippen molar-refractivity contribution in [3.63, 3.8) is 0 Å². The summed E-state index contributed by atoms with van der Waals surface area (Å²) in [5.74, 6) is -6.78. The van der Waals surface area contributed by atoms with Crippen molar-refractivity contribution >= 4 is 5.97 Å². The van der Waals surface area contributed by atoms with Crippen LogP contribution in [0.4, 0.5) is 13.2 Å². The zero-order valence-corrected chi connectivity index (χ0v) is 10.4. The Morgan fingerprint density at radius 1 is 1.11 bits per heavy atom. The van der Waals surface area contributed by atoms with Gasteiger partial charge >= 0.3 is 5.97 Å². The van der Waals surface area contributed by atoms with E-state index >= 15 is 0 Å². The highest BCUT2D eigenvalue weighted by Gasteiger charge is 2.29. The minimum Gasteiger partial charge on any atom is -0.461 e. The molecule has 8 heteroatoms. The van der Waals surface area contributed by atoms with Crippen LogP contribution >= 0.6 is 0 Å². The van der Waals surface area contributed by atoms with Crippen LogP contribution in [0, 0.1) is 24.4 Å². The van der Waals surface area contributed by atoms with Gasteiger partial charge in [0.05, 0.1) is 7.11 Å². The Labute approximate surface area is 106 Å². The second kappa shape index (κ2) is 6.39. The summed E-state index contributed by atoms with van der Waals surface area (Å²) in [7, 11) is 2.22. The molecular weight excluding hydrogens is 269 g/mol. The Kier molecular flexibility index (Phi) is 5.13. The third-order valence-electron chi connectivity index (χ3n) is 2.20. The molecule has 0 unspecified atom stereocenters. The van der Waals surface area contributed by atoms with Crippen LogP contribution in [0.25, 0.3) is 0 Å². The van der Waals surface area contributed by atoms with Crippen LogP contribution < -0.4 is 4.74 Å². The summed E-state index contributed by atoms with van der Waals surface area (Å²) in [6, 6.07) is 0. The number of hydrogen-bond acceptors (Lipinski definition) is 5. The minimum atomic E-state index is -1.65. The van der Waals surface area contributed by atoms with E-state index in [9.17, 15) is 18.0 Å². The topological polar surface area (TPSA) is 54.0 Å². The maximum atomic E-state index is 13.8. The predicted octanol–water partition coefficient (Wildman–Crippen LogP) is 2.11. The number of ether oxygens (including phenoxy) is 2. The van der Waals surface area contributed by atoms with Crippen LogP contribution in [0.5, 0.6) is 5.75 Å². The van der Waals surface area contributed by atoms with E-state index in [1.54, 1.807) is 0 Å². The van der Waals surface area contributed by atoms with Gasteiger partial charge in [-0.2, -0.15) is 9.28 Å². The number of rotatable bonds is 5. The summed E-state index contributed by atoms with van der Waals surface area (Å²) in [5, 5.41) is 0. The molecule has 0 aliphatic carbocycles. The Hall–Kier alpha value is -1.80. The molecule has 0 radical (unpaired) electrons. The molecular formula is C11H11F3O5. The summed E-state index contributed by atoms with van der Waals surface area (Å²) in [6.07, 6.45) is 0. The second-order valence-electron chi connectivity index (χ2n) is 3.36. The molecule has 0 heterocycles. The molecule has 1 aromatic carbocycles. The van der Waals surface area contributed by atoms with Gasteiger partial charge in [0, 0.05) is 12.7 Å². The molecule has 0 N–H and O–H groups in total. The van der Waals surface area contributed by atoms with E-state index < -0.39 is 47.1 Å². The predicted molar refractivity (Wildman–Crippen MR) is 56.0 cm³/mol. The van der Waals surface area contributed by atoms with Crippen molar-refractivity contribution < 1.29 is 37.2 Å². The van der Waals surface area contributed by atoms with Crippen LogP contribution in [0.1, 0.15) is 15.9 Å². The molecule has 0 aliphatic rings. The molecule has 0 bridgehead atoms. The molecule has 0 aromatic heterocycles. The van der Waals surface area contributed by atoms with Gasteiger partial charge in [0.25, 0.3) is 0 Å². The first kappa shape index (κ1) is 15.3. The molecule has 0 atom stereocenters. The fourth-order valence-electron chi connectivity index (χ4n) is 1.36. The van der Waals surface area contributed by atoms with E-state index in [2.05, 4.69) is 19.2 Å². The van der Waals surface area contributed by atoms with Gasteiger partial charge in [-0.25, -0.2) is 13.6 Å². The highest BCUT2D eigenvalue weighted by atomic mass is 19.2. The monoisotopic (exact) mass is 280 g/mol. The van der Waals surface area contributed by atoms with E-state index in [4.69, 9.17) is 0 Å². The number of hydrogen-bond donors (Lipinski definition) is 0. The Morgan fingerprint density at radius 3 is 2.26 bits per heavy atom. The van der Waals surface area contributed by atoms with Gasteiger partial charge in [-0.05, 0) is 6.92 Å². The summed E-state index contributed by atoms with van der Waals surface area (Å²) < 4.78 is 50.1. The SMILES string of the molecule is COCOc1c(F)c(C)c(C(=O)OOC)c(F)c1F. The highest BCUT2D eigenvalue weighted by Crippen LogP contribution is 2.31. The fourth-order valence-corrected chi connectivity index (χ4v) is 1.36. The van der Waals surface area contributed by atoms with E-state index in [1.165, 1.54) is 7.11 Å². The third kappa shape index (κ3) is 2.96. The van der Waals surface area contributed by atoms with Crippen molar-refractivity contribution in [3.05, 3.63) is 28.6 Å². The summed E-state index contributed by atoms with van der Waals surface area (Å²) in [5.41, 5.74) is -1.37. The van der Waals surface area contributed by atoms with Crippen molar-refractivity contribution in [3.8, 4) is 5.75 Å². The molecule has 106 valence electrons. The van der Waals surface area contributed by atoms with Gasteiger partial charge in [0.15, 0.2) is 24.2 Å². The van der Waals surface area contributed by atoms with Gasteiger partial charge in [-0.1, -0.05) is 0 Å². The van der Waals surface area contributed by atoms with E-state index in [1.807, 2.05) is 0 Å². The normalized spacial score (nSPS) is 10.4. The number of halogens is 3. The molecule has 19 heavy (non-hydrogen) atoms. The zero-order chi connectivity index (χ0) is 14.6. The number of carbonyl (C=O) groups excluding carboxylic acids is 1. The van der Waals surface area contributed by atoms with Gasteiger partial charge in [-0.15, -0.1) is 0 Å². The lowest BCUT2D eigenvalue weighted by atomic mass is 10.1. The van der Waals surface area contributed by atoms with E-state index in [0.717, 1.165) is 14.0 Å². The maximum Gasteiger partial charge on any atom is 0.376 e. The van der Waals surface area contributed by atoms with Crippen LogP contribution in [0.3, 0.4) is 0 Å². The van der Waals surface area contributed by atoms with Crippen LogP contribution in [0.2, 0.25) is 0 Å². The van der Waals surface area contributed by atoms with Crippen molar-refractivity contribution in [1.29, 1.82) is 0 Å². The lowest BCUT2D eigenvalue weighted by molar-refractivity contribution is -0.216. The molecule has 0 spiro atoms. The van der Waals surface area contributed by atoms with Gasteiger partial charge in [0.2, 0.25) is 5.82 Å². The molecule has 1 rings (SSSR count). The lowest BCUT2D eigenvalue weighted by Gasteiger charge is -2.12. The molecule has 0 saturated carbocycles. The molecule has 0 fully saturated rings. The number of methoxy groups -OCH3 is 1. The van der Waals surface area contributed by atoms with Crippen LogP contribution in [-0.2, 0) is 14.5 Å². The third-order valence-corrected chi connectivity index (χ3v) is 2.20. The average molecular weight is 280 g/mol. The maximum absolute atomic E-state index is 13.8. The quantitative estimate of drug-likeness (QED) is 0.358. The lowest BCUT2D eigenvalue weighted by Crippen LogP contribution is -2.14. The number of benzene rings is 1. The van der Waals surface area contributed by atoms with E-state index in [0.29, 0.717) is 0 Å². The highest BCUT2D eigenvalue weighted by molar-refractivity contribution is 5.91. The van der Waals surface area contributed by atoms with Crippen molar-refractivity contribution in [2.24, 2.45) is 0 Å². The fraction of sp³-hybridized carbons (Fsp3) is 0.364. The molecule has 0 aliphatic heterocycles. The van der Waals surface area contributed by atoms with E-state index in [-0.39, 0.29) is 0 Å². The van der Waals surface area contributed by atoms with Gasteiger partial charge in [-0.3, -0.25) is 4.89 Å². The Bertz CT molecular complexity index is 461. The van der Waals surface area contributed by atoms with Gasteiger partial charge < -0.3 is 9.47 Å². The largest absolute Gasteiger partial charge is 0.461 e. The first-order valence-electron chi connectivity index (χ1n) is 4.99. The summed E-state index contributed by atoms with van der Waals surface area (Å²) in [6.45, 7) is 0.596. The molecule has 0 saturated heterocycles. The Balaban J connectivity index is 3.34. The number of carbonyl (C=O) groups is 1. The molecule has 5 nitrogen and oxygen atoms in total. The van der Waals surface area contributed by atoms with Crippen LogP contribution in [-0.4, -0.2) is 27.0 Å². The van der Waals surface area contributed by atoms with Crippen molar-refractivity contribution in [1.82, 2.24) is 0 Å². The second-order valence-corrected chi connectivity index (χ2v) is 3.36. The summed E-state index contributed by atoms with van der Waals surface area (Å²) in [4.78, 5) is 19.4. The smallest absolute Gasteiger partial charge is 0.376 e. The van der Waals surface area contributed by atoms with Crippen molar-refractivity contribution in [2.45, 2.75) is 6.92 Å². The first-order chi connectivity index (χ1) is 8.95. The summed E-state index contributed by atoms with van der Waals surface area (Å²) >= 11 is 0. The van der Waals surface area contributed by atoms with Crippen LogP contribution in [0.15, 0.2) is 0 Å². The standard InChI is InChI=1S/C11H11F3O5/c1-5-6(11(15)19-17-3)8(13)9(14)10(7(5)12)18-4-16-2/h4H2,1-3H3. The van der Waals surface area contributed by atoms with Gasteiger partial charge in [0.1, 0.15) is 5.56 Å². The zero-order valence-electron chi connectivity index (χ0n) is 10.4. The average Bonchev–Trinajstić information content (AvgIpc) is 2.37. The molecule has 1 aromatic rings. The Morgan fingerprint density at radius 2 is 1.74 bits per heavy atom. The first-order valence-corrected chi connectivity index (χ1v) is 4.99.